The van der Waals surface area contributed by atoms with Crippen molar-refractivity contribution < 1.29 is 35.5 Å². The van der Waals surface area contributed by atoms with Crippen LogP contribution in [-0.2, 0) is 20.0 Å². The van der Waals surface area contributed by atoms with E-state index >= 15 is 0 Å². The Morgan fingerprint density at radius 1 is 1.31 bits per heavy atom. The summed E-state index contributed by atoms with van der Waals surface area (Å²) in [4.78, 5) is 23.7. The van der Waals surface area contributed by atoms with E-state index in [9.17, 15) is 27.2 Å². The van der Waals surface area contributed by atoms with E-state index in [2.05, 4.69) is 9.50 Å². The van der Waals surface area contributed by atoms with Gasteiger partial charge in [0, 0.05) is 6.07 Å². The third-order valence-electron chi connectivity index (χ3n) is 2.56. The molecule has 0 spiro atoms. The Kier molecular flexibility index (Phi) is 6.52. The van der Waals surface area contributed by atoms with Crippen LogP contribution in [0.5, 0.6) is 5.75 Å². The van der Waals surface area contributed by atoms with Gasteiger partial charge in [-0.25, -0.2) is 9.59 Å². The maximum Gasteiger partial charge on any atom is 0.488 e. The Morgan fingerprint density at radius 2 is 1.92 bits per heavy atom. The lowest BCUT2D eigenvalue weighted by Crippen LogP contribution is -2.27. The first-order valence-corrected chi connectivity index (χ1v) is 8.56. The Morgan fingerprint density at radius 3 is 2.38 bits per heavy atom. The molecule has 26 heavy (non-hydrogen) atoms. The van der Waals surface area contributed by atoms with Crippen molar-refractivity contribution in [1.82, 2.24) is 0 Å². The van der Waals surface area contributed by atoms with Crippen molar-refractivity contribution in [1.29, 1.82) is 5.26 Å². The van der Waals surface area contributed by atoms with Crippen LogP contribution in [0.3, 0.4) is 0 Å². The quantitative estimate of drug-likeness (QED) is 0.601. The Labute approximate surface area is 150 Å². The highest BCUT2D eigenvalue weighted by molar-refractivity contribution is 7.81. The molecule has 0 heterocycles. The molecule has 0 atom stereocenters. The summed E-state index contributed by atoms with van der Waals surface area (Å²) >= 11 is 0. The molecule has 1 rings (SSSR count). The van der Waals surface area contributed by atoms with Crippen LogP contribution in [0.15, 0.2) is 12.1 Å². The third kappa shape index (κ3) is 6.56. The molecule has 0 aliphatic heterocycles. The lowest BCUT2D eigenvalue weighted by atomic mass is 10.1. The molecule has 0 aliphatic rings. The molecule has 1 aromatic rings. The van der Waals surface area contributed by atoms with E-state index in [4.69, 9.17) is 9.47 Å². The summed E-state index contributed by atoms with van der Waals surface area (Å²) in [6, 6.07) is 3.43. The van der Waals surface area contributed by atoms with Gasteiger partial charge >= 0.3 is 22.6 Å². The summed E-state index contributed by atoms with van der Waals surface area (Å²) in [5, 5.41) is 11.4. The number of hydrogen-bond acceptors (Lipinski definition) is 8. The predicted molar refractivity (Wildman–Crippen MR) is 87.6 cm³/mol. The number of anilines is 1. The molecule has 0 fully saturated rings. The number of ether oxygens (including phenoxy) is 2. The second-order valence-corrected chi connectivity index (χ2v) is 6.78. The molecular weight excluding hydrogens is 371 g/mol. The molecule has 1 amide bonds. The number of carbonyl (C=O) groups is 2. The van der Waals surface area contributed by atoms with Crippen LogP contribution < -0.4 is 9.50 Å². The number of amides is 1. The van der Waals surface area contributed by atoms with Crippen LogP contribution in [0.4, 0.5) is 14.4 Å². The molecule has 0 radical (unpaired) electrons. The zero-order chi connectivity index (χ0) is 20.1. The van der Waals surface area contributed by atoms with Gasteiger partial charge in [-0.05, 0) is 33.8 Å². The largest absolute Gasteiger partial charge is 0.488 e. The number of hydrogen-bond donors (Lipinski definition) is 1. The molecule has 0 unspecified atom stereocenters. The summed E-state index contributed by atoms with van der Waals surface area (Å²) in [5.41, 5.74) is -1.81. The highest BCUT2D eigenvalue weighted by atomic mass is 32.3. The predicted octanol–water partition coefficient (Wildman–Crippen LogP) is 2.68. The Bertz CT molecular complexity index is 854. The third-order valence-corrected chi connectivity index (χ3v) is 2.94. The number of esters is 1. The van der Waals surface area contributed by atoms with Gasteiger partial charge in [-0.15, -0.1) is 0 Å². The fourth-order valence-electron chi connectivity index (χ4n) is 1.73. The van der Waals surface area contributed by atoms with Crippen molar-refractivity contribution in [2.75, 3.05) is 11.9 Å². The van der Waals surface area contributed by atoms with Crippen molar-refractivity contribution >= 4 is 28.3 Å². The number of nitrogens with zero attached hydrogens (tertiary/aromatic N) is 1. The van der Waals surface area contributed by atoms with Gasteiger partial charge in [0.25, 0.3) is 0 Å². The van der Waals surface area contributed by atoms with Crippen molar-refractivity contribution in [3.63, 3.8) is 0 Å². The summed E-state index contributed by atoms with van der Waals surface area (Å²) in [6.45, 7) is 6.25. The summed E-state index contributed by atoms with van der Waals surface area (Å²) in [5.74, 6) is -1.79. The fraction of sp³-hybridized carbons (Fsp3) is 0.400. The average molecular weight is 388 g/mol. The van der Waals surface area contributed by atoms with Crippen LogP contribution in [-0.4, -0.2) is 32.7 Å². The van der Waals surface area contributed by atoms with Gasteiger partial charge in [-0.2, -0.15) is 13.7 Å². The monoisotopic (exact) mass is 388 g/mol. The van der Waals surface area contributed by atoms with Crippen LogP contribution in [0.2, 0.25) is 0 Å². The van der Waals surface area contributed by atoms with Gasteiger partial charge in [0.05, 0.1) is 17.9 Å². The van der Waals surface area contributed by atoms with E-state index < -0.39 is 39.5 Å². The lowest BCUT2D eigenvalue weighted by Gasteiger charge is -2.20. The normalized spacial score (nSPS) is 11.2. The molecule has 0 bridgehead atoms. The average Bonchev–Trinajstić information content (AvgIpc) is 2.43. The van der Waals surface area contributed by atoms with Crippen molar-refractivity contribution in [3.05, 3.63) is 23.3 Å². The molecule has 9 nitrogen and oxygen atoms in total. The first kappa shape index (κ1) is 21.2. The highest BCUT2D eigenvalue weighted by Gasteiger charge is 2.24. The zero-order valence-corrected chi connectivity index (χ0v) is 15.3. The molecular formula is C15H17FN2O7S. The van der Waals surface area contributed by atoms with Gasteiger partial charge in [-0.1, -0.05) is 3.89 Å². The van der Waals surface area contributed by atoms with E-state index in [0.29, 0.717) is 0 Å². The minimum Gasteiger partial charge on any atom is -0.462 e. The van der Waals surface area contributed by atoms with Gasteiger partial charge in [0.1, 0.15) is 17.2 Å². The maximum absolute atomic E-state index is 12.9. The van der Waals surface area contributed by atoms with Crippen LogP contribution in [0.25, 0.3) is 0 Å². The SMILES string of the molecule is CCOC(=O)c1cc(C#N)c(NC(=O)OC(C)(C)C)cc1OS(=O)(=O)F. The minimum absolute atomic E-state index is 0.0551. The van der Waals surface area contributed by atoms with E-state index in [1.165, 1.54) is 6.92 Å². The van der Waals surface area contributed by atoms with Gasteiger partial charge in [0.15, 0.2) is 5.75 Å². The first-order valence-electron chi connectivity index (χ1n) is 7.25. The zero-order valence-electron chi connectivity index (χ0n) is 14.5. The first-order chi connectivity index (χ1) is 11.9. The Hall–Kier alpha value is -2.87. The second-order valence-electron chi connectivity index (χ2n) is 5.83. The van der Waals surface area contributed by atoms with Gasteiger partial charge < -0.3 is 13.7 Å². The van der Waals surface area contributed by atoms with Crippen molar-refractivity contribution in [2.24, 2.45) is 0 Å². The summed E-state index contributed by atoms with van der Waals surface area (Å²) in [7, 11) is -5.48. The molecule has 11 heteroatoms. The summed E-state index contributed by atoms with van der Waals surface area (Å²) < 4.78 is 48.4. The molecule has 142 valence electrons. The van der Waals surface area contributed by atoms with Gasteiger partial charge in [0.2, 0.25) is 0 Å². The fourth-order valence-corrected chi connectivity index (χ4v) is 2.09. The van der Waals surface area contributed by atoms with E-state index in [0.717, 1.165) is 12.1 Å². The van der Waals surface area contributed by atoms with Crippen LogP contribution >= 0.6 is 0 Å². The minimum atomic E-state index is -5.48. The van der Waals surface area contributed by atoms with Crippen molar-refractivity contribution in [3.8, 4) is 11.8 Å². The summed E-state index contributed by atoms with van der Waals surface area (Å²) in [6.07, 6.45) is -0.952. The Balaban J connectivity index is 3.39. The van der Waals surface area contributed by atoms with E-state index in [1.54, 1.807) is 26.8 Å². The molecule has 0 saturated carbocycles. The van der Waals surface area contributed by atoms with E-state index in [-0.39, 0.29) is 17.9 Å². The van der Waals surface area contributed by atoms with Crippen LogP contribution in [0, 0.1) is 11.3 Å². The number of rotatable bonds is 5. The molecule has 0 saturated heterocycles. The number of nitriles is 1. The molecule has 0 aromatic heterocycles. The number of benzene rings is 1. The number of nitrogens with one attached hydrogen (secondary N) is 1. The van der Waals surface area contributed by atoms with Gasteiger partial charge in [-0.3, -0.25) is 5.32 Å². The highest BCUT2D eigenvalue weighted by Crippen LogP contribution is 2.30. The lowest BCUT2D eigenvalue weighted by molar-refractivity contribution is 0.0523. The second kappa shape index (κ2) is 8.01. The standard InChI is InChI=1S/C15H17FN2O7S/c1-5-23-13(19)10-6-9(8-17)11(7-12(10)25-26(16,21)22)18-14(20)24-15(2,3)4/h6-7H,5H2,1-4H3,(H,18,20). The molecule has 0 aliphatic carbocycles. The smallest absolute Gasteiger partial charge is 0.462 e. The molecule has 1 N–H and O–H groups in total. The maximum atomic E-state index is 12.9. The number of carbonyl (C=O) groups excluding carboxylic acids is 2. The topological polar surface area (TPSA) is 132 Å². The molecule has 1 aromatic carbocycles. The van der Waals surface area contributed by atoms with E-state index in [1.807, 2.05) is 0 Å². The number of halogens is 1. The van der Waals surface area contributed by atoms with Crippen LogP contribution in [0.1, 0.15) is 43.6 Å². The van der Waals surface area contributed by atoms with Crippen molar-refractivity contribution in [2.45, 2.75) is 33.3 Å².